The molecule has 2 heterocycles. The minimum absolute atomic E-state index is 0.276. The molecule has 4 heteroatoms. The summed E-state index contributed by atoms with van der Waals surface area (Å²) in [6.45, 7) is 6.67. The number of rotatable bonds is 5. The highest BCUT2D eigenvalue weighted by Crippen LogP contribution is 2.18. The number of hydrogen-bond donors (Lipinski definition) is 0. The number of pyridine rings is 1. The second-order valence-corrected chi connectivity index (χ2v) is 4.36. The van der Waals surface area contributed by atoms with Crippen molar-refractivity contribution in [3.05, 3.63) is 54.6 Å². The molecule has 0 unspecified atom stereocenters. The lowest BCUT2D eigenvalue weighted by atomic mass is 10.2. The van der Waals surface area contributed by atoms with Crippen LogP contribution in [0.2, 0.25) is 0 Å². The molecule has 0 aromatic carbocycles. The van der Waals surface area contributed by atoms with Gasteiger partial charge in [-0.25, -0.2) is 4.68 Å². The molecule has 0 saturated heterocycles. The van der Waals surface area contributed by atoms with Gasteiger partial charge in [0.2, 0.25) is 0 Å². The average molecular weight is 242 g/mol. The lowest BCUT2D eigenvalue weighted by Crippen LogP contribution is -2.22. The topological polar surface area (TPSA) is 34.0 Å². The summed E-state index contributed by atoms with van der Waals surface area (Å²) in [5.41, 5.74) is 2.25. The molecule has 18 heavy (non-hydrogen) atoms. The van der Waals surface area contributed by atoms with Crippen LogP contribution in [0.3, 0.4) is 0 Å². The van der Waals surface area contributed by atoms with Crippen LogP contribution < -0.4 is 0 Å². The van der Waals surface area contributed by atoms with E-state index in [-0.39, 0.29) is 6.04 Å². The Hall–Kier alpha value is -1.94. The lowest BCUT2D eigenvalue weighted by molar-refractivity contribution is 0.248. The van der Waals surface area contributed by atoms with Crippen molar-refractivity contribution in [2.75, 3.05) is 7.05 Å². The number of aromatic nitrogens is 3. The summed E-state index contributed by atoms with van der Waals surface area (Å²) in [6, 6.07) is 6.28. The average Bonchev–Trinajstić information content (AvgIpc) is 2.86. The van der Waals surface area contributed by atoms with Crippen molar-refractivity contribution >= 4 is 6.20 Å². The molecule has 0 amide bonds. The second kappa shape index (κ2) is 5.60. The molecule has 0 bridgehead atoms. The standard InChI is InChI=1S/C14H18N4/c1-4-18-11-13(9-16-18)10-17(3)12(2)14-7-5-6-8-15-14/h4-9,11-12H,1,10H2,2-3H3/t12-/m1/s1. The highest BCUT2D eigenvalue weighted by molar-refractivity contribution is 5.18. The van der Waals surface area contributed by atoms with E-state index in [0.717, 1.165) is 12.2 Å². The normalized spacial score (nSPS) is 12.6. The molecule has 0 spiro atoms. The quantitative estimate of drug-likeness (QED) is 0.808. The van der Waals surface area contributed by atoms with Gasteiger partial charge >= 0.3 is 0 Å². The fraction of sp³-hybridized carbons (Fsp3) is 0.286. The zero-order valence-electron chi connectivity index (χ0n) is 10.8. The lowest BCUT2D eigenvalue weighted by Gasteiger charge is -2.23. The predicted molar refractivity (Wildman–Crippen MR) is 72.7 cm³/mol. The Bertz CT molecular complexity index is 504. The van der Waals surface area contributed by atoms with Gasteiger partial charge in [0.1, 0.15) is 0 Å². The van der Waals surface area contributed by atoms with Crippen molar-refractivity contribution in [1.82, 2.24) is 19.7 Å². The van der Waals surface area contributed by atoms with Crippen molar-refractivity contribution in [3.8, 4) is 0 Å². The minimum atomic E-state index is 0.276. The fourth-order valence-electron chi connectivity index (χ4n) is 1.83. The first-order valence-corrected chi connectivity index (χ1v) is 5.97. The van der Waals surface area contributed by atoms with E-state index >= 15 is 0 Å². The van der Waals surface area contributed by atoms with Crippen LogP contribution in [0.25, 0.3) is 6.20 Å². The van der Waals surface area contributed by atoms with Crippen LogP contribution in [0, 0.1) is 0 Å². The molecule has 0 saturated carbocycles. The van der Waals surface area contributed by atoms with Gasteiger partial charge in [0.05, 0.1) is 11.9 Å². The van der Waals surface area contributed by atoms with Gasteiger partial charge in [-0.1, -0.05) is 12.6 Å². The third-order valence-electron chi connectivity index (χ3n) is 3.05. The smallest absolute Gasteiger partial charge is 0.0572 e. The molecule has 0 N–H and O–H groups in total. The molecule has 0 aliphatic heterocycles. The third-order valence-corrected chi connectivity index (χ3v) is 3.05. The molecule has 2 rings (SSSR count). The minimum Gasteiger partial charge on any atom is -0.294 e. The van der Waals surface area contributed by atoms with E-state index in [4.69, 9.17) is 0 Å². The maximum absolute atomic E-state index is 4.38. The first kappa shape index (κ1) is 12.5. The molecule has 0 aliphatic rings. The van der Waals surface area contributed by atoms with Crippen LogP contribution in [-0.2, 0) is 6.54 Å². The van der Waals surface area contributed by atoms with Crippen LogP contribution >= 0.6 is 0 Å². The van der Waals surface area contributed by atoms with E-state index in [1.54, 1.807) is 10.9 Å². The SMILES string of the molecule is C=Cn1cc(CN(C)[C@H](C)c2ccccn2)cn1. The van der Waals surface area contributed by atoms with Crippen LogP contribution in [0.15, 0.2) is 43.4 Å². The summed E-state index contributed by atoms with van der Waals surface area (Å²) in [5, 5.41) is 4.18. The summed E-state index contributed by atoms with van der Waals surface area (Å²) < 4.78 is 1.72. The molecule has 4 nitrogen and oxygen atoms in total. The van der Waals surface area contributed by atoms with Crippen molar-refractivity contribution in [2.24, 2.45) is 0 Å². The molecule has 2 aromatic heterocycles. The zero-order valence-corrected chi connectivity index (χ0v) is 10.8. The Kier molecular flexibility index (Phi) is 3.89. The largest absolute Gasteiger partial charge is 0.294 e. The van der Waals surface area contributed by atoms with E-state index in [9.17, 15) is 0 Å². The van der Waals surface area contributed by atoms with Crippen LogP contribution in [0.1, 0.15) is 24.2 Å². The van der Waals surface area contributed by atoms with Gasteiger partial charge in [0.15, 0.2) is 0 Å². The van der Waals surface area contributed by atoms with E-state index < -0.39 is 0 Å². The molecule has 94 valence electrons. The van der Waals surface area contributed by atoms with Gasteiger partial charge in [0.25, 0.3) is 0 Å². The van der Waals surface area contributed by atoms with E-state index in [1.807, 2.05) is 36.8 Å². The van der Waals surface area contributed by atoms with Gasteiger partial charge < -0.3 is 0 Å². The van der Waals surface area contributed by atoms with Gasteiger partial charge in [-0.2, -0.15) is 5.10 Å². The van der Waals surface area contributed by atoms with E-state index in [0.29, 0.717) is 0 Å². The summed E-state index contributed by atoms with van der Waals surface area (Å²) in [5.74, 6) is 0. The third kappa shape index (κ3) is 2.84. The molecule has 0 radical (unpaired) electrons. The Morgan fingerprint density at radius 3 is 2.94 bits per heavy atom. The van der Waals surface area contributed by atoms with Gasteiger partial charge in [-0.3, -0.25) is 9.88 Å². The summed E-state index contributed by atoms with van der Waals surface area (Å²) >= 11 is 0. The zero-order chi connectivity index (χ0) is 13.0. The molecule has 0 fully saturated rings. The van der Waals surface area contributed by atoms with Crippen molar-refractivity contribution < 1.29 is 0 Å². The Labute approximate surface area is 108 Å². The molecule has 1 atom stereocenters. The highest BCUT2D eigenvalue weighted by Gasteiger charge is 2.13. The number of nitrogens with zero attached hydrogens (tertiary/aromatic N) is 4. The first-order chi connectivity index (χ1) is 8.70. The summed E-state index contributed by atoms with van der Waals surface area (Å²) in [7, 11) is 2.09. The fourth-order valence-corrected chi connectivity index (χ4v) is 1.83. The second-order valence-electron chi connectivity index (χ2n) is 4.36. The van der Waals surface area contributed by atoms with Gasteiger partial charge in [0, 0.05) is 36.7 Å². The predicted octanol–water partition coefficient (Wildman–Crippen LogP) is 2.57. The van der Waals surface area contributed by atoms with Crippen LogP contribution in [0.5, 0.6) is 0 Å². The molecular formula is C14H18N4. The summed E-state index contributed by atoms with van der Waals surface area (Å²) in [4.78, 5) is 6.63. The highest BCUT2D eigenvalue weighted by atomic mass is 15.3. The first-order valence-electron chi connectivity index (χ1n) is 5.97. The monoisotopic (exact) mass is 242 g/mol. The van der Waals surface area contributed by atoms with E-state index in [1.165, 1.54) is 5.56 Å². The Morgan fingerprint density at radius 2 is 2.33 bits per heavy atom. The van der Waals surface area contributed by atoms with Crippen molar-refractivity contribution in [2.45, 2.75) is 19.5 Å². The molecule has 0 aliphatic carbocycles. The van der Waals surface area contributed by atoms with Gasteiger partial charge in [-0.15, -0.1) is 0 Å². The van der Waals surface area contributed by atoms with Crippen molar-refractivity contribution in [1.29, 1.82) is 0 Å². The van der Waals surface area contributed by atoms with Crippen LogP contribution in [0.4, 0.5) is 0 Å². The maximum atomic E-state index is 4.38. The van der Waals surface area contributed by atoms with Gasteiger partial charge in [-0.05, 0) is 26.1 Å². The Morgan fingerprint density at radius 1 is 1.50 bits per heavy atom. The van der Waals surface area contributed by atoms with Crippen molar-refractivity contribution in [3.63, 3.8) is 0 Å². The Balaban J connectivity index is 2.03. The van der Waals surface area contributed by atoms with E-state index in [2.05, 4.69) is 35.5 Å². The summed E-state index contributed by atoms with van der Waals surface area (Å²) in [6.07, 6.45) is 7.36. The molecule has 2 aromatic rings. The van der Waals surface area contributed by atoms with Crippen LogP contribution in [-0.4, -0.2) is 26.7 Å². The number of hydrogen-bond acceptors (Lipinski definition) is 3. The maximum Gasteiger partial charge on any atom is 0.0572 e. The molecular weight excluding hydrogens is 224 g/mol.